The predicted octanol–water partition coefficient (Wildman–Crippen LogP) is 1.50. The van der Waals surface area contributed by atoms with Gasteiger partial charge in [0.1, 0.15) is 0 Å². The molecule has 0 aromatic rings. The molecule has 1 atom stereocenters. The first-order chi connectivity index (χ1) is 12.7. The summed E-state index contributed by atoms with van der Waals surface area (Å²) in [6.07, 6.45) is 4.07. The molecule has 0 aromatic heterocycles. The lowest BCUT2D eigenvalue weighted by atomic mass is 10.1. The van der Waals surface area contributed by atoms with Crippen molar-refractivity contribution in [1.29, 1.82) is 0 Å². The van der Waals surface area contributed by atoms with Crippen LogP contribution >= 0.6 is 24.0 Å². The summed E-state index contributed by atoms with van der Waals surface area (Å²) in [4.78, 5) is 20.4. The second kappa shape index (κ2) is 13.4. The van der Waals surface area contributed by atoms with Crippen LogP contribution in [0.5, 0.6) is 0 Å². The quantitative estimate of drug-likeness (QED) is 0.316. The van der Waals surface area contributed by atoms with Crippen molar-refractivity contribution in [3.63, 3.8) is 0 Å². The topological polar surface area (TPSA) is 78.4 Å². The molecule has 9 heteroatoms. The van der Waals surface area contributed by atoms with Crippen LogP contribution in [0, 0.1) is 0 Å². The van der Waals surface area contributed by atoms with Gasteiger partial charge in [0.2, 0.25) is 0 Å². The number of carbonyl (C=O) groups excluding carboxylic acids is 1. The summed E-state index contributed by atoms with van der Waals surface area (Å²) < 4.78 is 10.3. The molecule has 2 heterocycles. The number of halogens is 1. The summed E-state index contributed by atoms with van der Waals surface area (Å²) in [7, 11) is 3.56. The van der Waals surface area contributed by atoms with E-state index in [9.17, 15) is 4.79 Å². The second-order valence-corrected chi connectivity index (χ2v) is 6.88. The highest BCUT2D eigenvalue weighted by Crippen LogP contribution is 2.16. The van der Waals surface area contributed by atoms with Gasteiger partial charge in [-0.1, -0.05) is 0 Å². The lowest BCUT2D eigenvalue weighted by Crippen LogP contribution is -2.51. The minimum atomic E-state index is -0.203. The third kappa shape index (κ3) is 7.98. The number of guanidine groups is 1. The normalized spacial score (nSPS) is 21.7. The van der Waals surface area contributed by atoms with E-state index < -0.39 is 0 Å². The highest BCUT2D eigenvalue weighted by Gasteiger charge is 2.26. The summed E-state index contributed by atoms with van der Waals surface area (Å²) in [5, 5.41) is 6.97. The number of aliphatic imine (C=N–C) groups is 1. The van der Waals surface area contributed by atoms with Crippen LogP contribution in [0.1, 0.15) is 32.6 Å². The first-order valence-electron chi connectivity index (χ1n) is 9.79. The maximum atomic E-state index is 11.8. The number of nitrogens with one attached hydrogen (secondary N) is 2. The molecule has 0 radical (unpaired) electrons. The summed E-state index contributed by atoms with van der Waals surface area (Å²) in [6, 6.07) is 0.870. The third-order valence-electron chi connectivity index (χ3n) is 5.17. The Morgan fingerprint density at radius 3 is 2.59 bits per heavy atom. The van der Waals surface area contributed by atoms with Crippen molar-refractivity contribution in [1.82, 2.24) is 20.4 Å². The fourth-order valence-corrected chi connectivity index (χ4v) is 3.65. The molecule has 2 saturated heterocycles. The fraction of sp³-hybridized carbons (Fsp3) is 0.889. The molecular formula is C18H36IN5O3. The van der Waals surface area contributed by atoms with E-state index in [1.54, 1.807) is 19.1 Å². The van der Waals surface area contributed by atoms with E-state index in [1.165, 1.54) is 12.8 Å². The van der Waals surface area contributed by atoms with Gasteiger partial charge in [-0.05, 0) is 39.2 Å². The summed E-state index contributed by atoms with van der Waals surface area (Å²) in [6.45, 7) is 7.52. The van der Waals surface area contributed by atoms with Gasteiger partial charge in [0, 0.05) is 52.4 Å². The third-order valence-corrected chi connectivity index (χ3v) is 5.17. The zero-order valence-corrected chi connectivity index (χ0v) is 19.2. The first kappa shape index (κ1) is 24.2. The van der Waals surface area contributed by atoms with E-state index in [0.29, 0.717) is 18.7 Å². The largest absolute Gasteiger partial charge is 0.450 e. The molecule has 8 nitrogen and oxygen atoms in total. The van der Waals surface area contributed by atoms with Crippen LogP contribution in [0.4, 0.5) is 4.79 Å². The van der Waals surface area contributed by atoms with Crippen molar-refractivity contribution >= 4 is 36.0 Å². The first-order valence-corrected chi connectivity index (χ1v) is 9.79. The molecule has 2 aliphatic rings. The van der Waals surface area contributed by atoms with Crippen LogP contribution < -0.4 is 10.6 Å². The number of carbonyl (C=O) groups is 1. The van der Waals surface area contributed by atoms with Gasteiger partial charge in [-0.15, -0.1) is 24.0 Å². The van der Waals surface area contributed by atoms with Gasteiger partial charge < -0.3 is 25.0 Å². The summed E-state index contributed by atoms with van der Waals surface area (Å²) in [5.74, 6) is 0.846. The van der Waals surface area contributed by atoms with Gasteiger partial charge in [0.05, 0.1) is 13.2 Å². The van der Waals surface area contributed by atoms with Gasteiger partial charge in [0.25, 0.3) is 0 Å². The van der Waals surface area contributed by atoms with E-state index in [0.717, 1.165) is 58.1 Å². The summed E-state index contributed by atoms with van der Waals surface area (Å²) >= 11 is 0. The van der Waals surface area contributed by atoms with E-state index in [-0.39, 0.29) is 30.1 Å². The van der Waals surface area contributed by atoms with E-state index in [1.807, 2.05) is 6.92 Å². The lowest BCUT2D eigenvalue weighted by Gasteiger charge is -2.32. The van der Waals surface area contributed by atoms with Crippen LogP contribution in [0.25, 0.3) is 0 Å². The molecule has 27 heavy (non-hydrogen) atoms. The van der Waals surface area contributed by atoms with E-state index in [4.69, 9.17) is 9.47 Å². The molecule has 2 aliphatic heterocycles. The molecule has 2 fully saturated rings. The van der Waals surface area contributed by atoms with Crippen LogP contribution in [0.15, 0.2) is 4.99 Å². The minimum absolute atomic E-state index is 0. The molecular weight excluding hydrogens is 461 g/mol. The average Bonchev–Trinajstić information content (AvgIpc) is 3.11. The molecule has 0 spiro atoms. The number of piperidine rings is 1. The second-order valence-electron chi connectivity index (χ2n) is 6.88. The smallest absolute Gasteiger partial charge is 0.409 e. The van der Waals surface area contributed by atoms with Crippen molar-refractivity contribution in [3.05, 3.63) is 0 Å². The van der Waals surface area contributed by atoms with E-state index in [2.05, 4.69) is 20.5 Å². The summed E-state index contributed by atoms with van der Waals surface area (Å²) in [5.41, 5.74) is 0. The molecule has 2 N–H and O–H groups in total. The van der Waals surface area contributed by atoms with Crippen molar-refractivity contribution < 1.29 is 14.3 Å². The predicted molar refractivity (Wildman–Crippen MR) is 118 cm³/mol. The number of amides is 1. The maximum absolute atomic E-state index is 11.8. The Morgan fingerprint density at radius 1 is 1.22 bits per heavy atom. The Balaban J connectivity index is 0.00000364. The van der Waals surface area contributed by atoms with Gasteiger partial charge >= 0.3 is 6.09 Å². The number of rotatable bonds is 7. The number of ether oxygens (including phenoxy) is 2. The molecule has 0 saturated carbocycles. The molecule has 0 aliphatic carbocycles. The number of hydrogen-bond donors (Lipinski definition) is 2. The van der Waals surface area contributed by atoms with Crippen molar-refractivity contribution in [3.8, 4) is 0 Å². The average molecular weight is 497 g/mol. The van der Waals surface area contributed by atoms with Crippen molar-refractivity contribution in [2.24, 2.45) is 4.99 Å². The van der Waals surface area contributed by atoms with Crippen molar-refractivity contribution in [2.75, 3.05) is 60.1 Å². The van der Waals surface area contributed by atoms with Crippen LogP contribution in [-0.2, 0) is 9.47 Å². The molecule has 0 aromatic carbocycles. The van der Waals surface area contributed by atoms with Gasteiger partial charge in [-0.25, -0.2) is 4.79 Å². The molecule has 2 rings (SSSR count). The highest BCUT2D eigenvalue weighted by molar-refractivity contribution is 14.0. The zero-order valence-electron chi connectivity index (χ0n) is 16.9. The van der Waals surface area contributed by atoms with Crippen LogP contribution in [0.3, 0.4) is 0 Å². The maximum Gasteiger partial charge on any atom is 0.409 e. The SMILES string of the molecule is CCOC(=O)N1CCC(NC(=NC)NCC2CCCN2CCOC)CC1.I. The minimum Gasteiger partial charge on any atom is -0.450 e. The molecule has 158 valence electrons. The fourth-order valence-electron chi connectivity index (χ4n) is 3.65. The molecule has 1 amide bonds. The Bertz CT molecular complexity index is 458. The molecule has 1 unspecified atom stereocenters. The van der Waals surface area contributed by atoms with Gasteiger partial charge in [-0.2, -0.15) is 0 Å². The monoisotopic (exact) mass is 497 g/mol. The number of likely N-dealkylation sites (tertiary alicyclic amines) is 2. The Labute approximate surface area is 180 Å². The Morgan fingerprint density at radius 2 is 1.96 bits per heavy atom. The van der Waals surface area contributed by atoms with Gasteiger partial charge in [-0.3, -0.25) is 9.89 Å². The van der Waals surface area contributed by atoms with Crippen LogP contribution in [0.2, 0.25) is 0 Å². The Kier molecular flexibility index (Phi) is 12.0. The number of nitrogens with zero attached hydrogens (tertiary/aromatic N) is 3. The highest BCUT2D eigenvalue weighted by atomic mass is 127. The van der Waals surface area contributed by atoms with Crippen molar-refractivity contribution in [2.45, 2.75) is 44.7 Å². The lowest BCUT2D eigenvalue weighted by molar-refractivity contribution is 0.0963. The number of methoxy groups -OCH3 is 1. The van der Waals surface area contributed by atoms with E-state index >= 15 is 0 Å². The molecule has 0 bridgehead atoms. The Hall–Kier alpha value is -0.810. The standard InChI is InChI=1S/C18H35N5O3.HI/c1-4-26-18(24)23-10-7-15(8-11-23)21-17(19-2)20-14-16-6-5-9-22(16)12-13-25-3;/h15-16H,4-14H2,1-3H3,(H2,19,20,21);1H. The van der Waals surface area contributed by atoms with Crippen LogP contribution in [-0.4, -0.2) is 94.0 Å². The van der Waals surface area contributed by atoms with Gasteiger partial charge in [0.15, 0.2) is 5.96 Å². The zero-order chi connectivity index (χ0) is 18.8. The number of hydrogen-bond acceptors (Lipinski definition) is 5.